The number of carbonyl (C=O) groups excluding carboxylic acids is 1. The molecule has 4 N–H and O–H groups in total. The third kappa shape index (κ3) is 5.21. The lowest BCUT2D eigenvalue weighted by Crippen LogP contribution is -2.25. The molecule has 1 heterocycles. The van der Waals surface area contributed by atoms with Crippen LogP contribution in [-0.4, -0.2) is 40.4 Å². The van der Waals surface area contributed by atoms with Gasteiger partial charge in [0.15, 0.2) is 0 Å². The van der Waals surface area contributed by atoms with Gasteiger partial charge in [0, 0.05) is 53.5 Å². The molecule has 11 heteroatoms. The average Bonchev–Trinajstić information content (AvgIpc) is 3.34. The SMILES string of the molecule is CNC(=O)c1c(-c2ccc(F)cc2)oc2cc(N(C)S(C)(=O)=O)c(-c3ccc(N)c(C(=N)c4ccc(F)cc4)c3)cc12. The summed E-state index contributed by atoms with van der Waals surface area (Å²) in [5, 5.41) is 11.7. The van der Waals surface area contributed by atoms with Gasteiger partial charge in [0.05, 0.1) is 23.2 Å². The van der Waals surface area contributed by atoms with Crippen molar-refractivity contribution in [3.05, 3.63) is 107 Å². The minimum Gasteiger partial charge on any atom is -0.455 e. The van der Waals surface area contributed by atoms with Crippen molar-refractivity contribution in [1.29, 1.82) is 5.41 Å². The van der Waals surface area contributed by atoms with E-state index in [4.69, 9.17) is 15.6 Å². The second-order valence-corrected chi connectivity index (χ2v) is 11.7. The number of hydrogen-bond acceptors (Lipinski definition) is 6. The maximum atomic E-state index is 13.7. The number of nitrogens with zero attached hydrogens (tertiary/aromatic N) is 1. The van der Waals surface area contributed by atoms with Crippen molar-refractivity contribution in [3.8, 4) is 22.5 Å². The van der Waals surface area contributed by atoms with Gasteiger partial charge in [-0.3, -0.25) is 14.5 Å². The van der Waals surface area contributed by atoms with Crippen LogP contribution >= 0.6 is 0 Å². The van der Waals surface area contributed by atoms with Crippen molar-refractivity contribution in [2.45, 2.75) is 0 Å². The Morgan fingerprint density at radius 2 is 1.52 bits per heavy atom. The lowest BCUT2D eigenvalue weighted by Gasteiger charge is -2.21. The molecule has 0 bridgehead atoms. The molecule has 8 nitrogen and oxygen atoms in total. The Morgan fingerprint density at radius 3 is 2.12 bits per heavy atom. The molecular formula is C31H26F2N4O4S. The highest BCUT2D eigenvalue weighted by atomic mass is 32.2. The van der Waals surface area contributed by atoms with E-state index in [1.807, 2.05) is 0 Å². The van der Waals surface area contributed by atoms with E-state index in [0.717, 1.165) is 10.6 Å². The standard InChI is InChI=1S/C31H26F2N4O4S/c1-36-31(38)28-24-15-22(19-8-13-25(34)23(14-19)29(35)17-4-9-20(32)10-5-17)26(37(2)42(3,39)40)16-27(24)41-30(28)18-6-11-21(33)12-7-18/h4-16,35H,34H2,1-3H3,(H,36,38). The molecule has 5 aromatic rings. The summed E-state index contributed by atoms with van der Waals surface area (Å²) in [7, 11) is -0.891. The number of sulfonamides is 1. The number of carbonyl (C=O) groups is 1. The van der Waals surface area contributed by atoms with Gasteiger partial charge in [-0.1, -0.05) is 6.07 Å². The summed E-state index contributed by atoms with van der Waals surface area (Å²) in [6.07, 6.45) is 1.06. The Kier molecular flexibility index (Phi) is 7.29. The Bertz CT molecular complexity index is 1970. The molecule has 0 aliphatic rings. The second-order valence-electron chi connectivity index (χ2n) is 9.67. The summed E-state index contributed by atoms with van der Waals surface area (Å²) >= 11 is 0. The zero-order valence-corrected chi connectivity index (χ0v) is 23.6. The number of nitrogens with two attached hydrogens (primary N) is 1. The molecule has 214 valence electrons. The van der Waals surface area contributed by atoms with Gasteiger partial charge < -0.3 is 15.5 Å². The first kappa shape index (κ1) is 28.5. The van der Waals surface area contributed by atoms with Crippen molar-refractivity contribution in [1.82, 2.24) is 5.32 Å². The minimum atomic E-state index is -3.75. The van der Waals surface area contributed by atoms with Crippen LogP contribution in [0.25, 0.3) is 33.4 Å². The molecule has 0 saturated heterocycles. The minimum absolute atomic E-state index is 0.0430. The van der Waals surface area contributed by atoms with E-state index in [9.17, 15) is 22.0 Å². The zero-order chi connectivity index (χ0) is 30.3. The van der Waals surface area contributed by atoms with Gasteiger partial charge in [0.1, 0.15) is 23.0 Å². The zero-order valence-electron chi connectivity index (χ0n) is 22.8. The Morgan fingerprint density at radius 1 is 0.929 bits per heavy atom. The predicted octanol–water partition coefficient (Wildman–Crippen LogP) is 5.80. The van der Waals surface area contributed by atoms with Crippen LogP contribution in [0.5, 0.6) is 0 Å². The maximum Gasteiger partial charge on any atom is 0.255 e. The summed E-state index contributed by atoms with van der Waals surface area (Å²) in [5.74, 6) is -1.17. The number of anilines is 2. The third-order valence-electron chi connectivity index (χ3n) is 6.97. The lowest BCUT2D eigenvalue weighted by atomic mass is 9.94. The van der Waals surface area contributed by atoms with Crippen molar-refractivity contribution < 1.29 is 26.4 Å². The third-order valence-corrected chi connectivity index (χ3v) is 8.16. The topological polar surface area (TPSA) is 129 Å². The van der Waals surface area contributed by atoms with Gasteiger partial charge in [-0.2, -0.15) is 0 Å². The molecule has 0 radical (unpaired) electrons. The van der Waals surface area contributed by atoms with Crippen molar-refractivity contribution in [3.63, 3.8) is 0 Å². The predicted molar refractivity (Wildman–Crippen MR) is 160 cm³/mol. The molecule has 0 aliphatic heterocycles. The monoisotopic (exact) mass is 588 g/mol. The molecule has 0 spiro atoms. The molecule has 0 aliphatic carbocycles. The number of halogens is 2. The summed E-state index contributed by atoms with van der Waals surface area (Å²) in [6.45, 7) is 0. The largest absolute Gasteiger partial charge is 0.455 e. The summed E-state index contributed by atoms with van der Waals surface area (Å²) in [6, 6.07) is 19.0. The van der Waals surface area contributed by atoms with Gasteiger partial charge in [0.2, 0.25) is 10.0 Å². The number of furan rings is 1. The fraction of sp³-hybridized carbons (Fsp3) is 0.0968. The quantitative estimate of drug-likeness (QED) is 0.164. The van der Waals surface area contributed by atoms with Gasteiger partial charge in [-0.15, -0.1) is 0 Å². The van der Waals surface area contributed by atoms with Crippen LogP contribution in [0.2, 0.25) is 0 Å². The number of nitrogen functional groups attached to an aromatic ring is 1. The summed E-state index contributed by atoms with van der Waals surface area (Å²) in [4.78, 5) is 13.1. The molecule has 0 unspecified atom stereocenters. The van der Waals surface area contributed by atoms with E-state index in [-0.39, 0.29) is 28.3 Å². The molecule has 0 fully saturated rings. The van der Waals surface area contributed by atoms with Crippen LogP contribution in [0.15, 0.2) is 83.3 Å². The number of amides is 1. The average molecular weight is 589 g/mol. The Balaban J connectivity index is 1.78. The number of rotatable bonds is 7. The van der Waals surface area contributed by atoms with Crippen LogP contribution in [0, 0.1) is 17.0 Å². The number of benzene rings is 4. The molecule has 5 rings (SSSR count). The van der Waals surface area contributed by atoms with Gasteiger partial charge >= 0.3 is 0 Å². The van der Waals surface area contributed by atoms with Crippen molar-refractivity contribution in [2.24, 2.45) is 0 Å². The first-order chi connectivity index (χ1) is 19.9. The molecule has 0 saturated carbocycles. The van der Waals surface area contributed by atoms with E-state index in [1.54, 1.807) is 24.3 Å². The number of hydrogen-bond donors (Lipinski definition) is 3. The van der Waals surface area contributed by atoms with E-state index in [0.29, 0.717) is 38.9 Å². The fourth-order valence-corrected chi connectivity index (χ4v) is 5.18. The van der Waals surface area contributed by atoms with Crippen LogP contribution in [-0.2, 0) is 10.0 Å². The first-order valence-electron chi connectivity index (χ1n) is 12.7. The van der Waals surface area contributed by atoms with E-state index >= 15 is 0 Å². The molecule has 1 amide bonds. The highest BCUT2D eigenvalue weighted by Crippen LogP contribution is 2.42. The second kappa shape index (κ2) is 10.7. The highest BCUT2D eigenvalue weighted by molar-refractivity contribution is 7.92. The van der Waals surface area contributed by atoms with E-state index in [1.165, 1.54) is 68.7 Å². The van der Waals surface area contributed by atoms with Crippen LogP contribution < -0.4 is 15.4 Å². The lowest BCUT2D eigenvalue weighted by molar-refractivity contribution is 0.0964. The molecule has 42 heavy (non-hydrogen) atoms. The van der Waals surface area contributed by atoms with Crippen LogP contribution in [0.4, 0.5) is 20.2 Å². The number of fused-ring (bicyclic) bond motifs is 1. The van der Waals surface area contributed by atoms with Gasteiger partial charge in [-0.25, -0.2) is 17.2 Å². The Labute approximate surface area is 240 Å². The van der Waals surface area contributed by atoms with Crippen LogP contribution in [0.3, 0.4) is 0 Å². The maximum absolute atomic E-state index is 13.7. The molecule has 4 aromatic carbocycles. The normalized spacial score (nSPS) is 11.5. The molecule has 0 atom stereocenters. The van der Waals surface area contributed by atoms with Crippen LogP contribution in [0.1, 0.15) is 21.5 Å². The summed E-state index contributed by atoms with van der Waals surface area (Å²) in [5.41, 5.74) is 9.39. The summed E-state index contributed by atoms with van der Waals surface area (Å²) < 4.78 is 59.7. The van der Waals surface area contributed by atoms with E-state index < -0.39 is 27.6 Å². The first-order valence-corrected chi connectivity index (χ1v) is 14.5. The highest BCUT2D eigenvalue weighted by Gasteiger charge is 2.26. The smallest absolute Gasteiger partial charge is 0.255 e. The Hall–Kier alpha value is -5.03. The van der Waals surface area contributed by atoms with E-state index in [2.05, 4.69) is 5.32 Å². The molecule has 1 aromatic heterocycles. The number of nitrogens with one attached hydrogen (secondary N) is 2. The van der Waals surface area contributed by atoms with Crippen molar-refractivity contribution in [2.75, 3.05) is 30.4 Å². The van der Waals surface area contributed by atoms with Gasteiger partial charge in [-0.05, 0) is 72.3 Å². The molecular weight excluding hydrogens is 562 g/mol. The fourth-order valence-electron chi connectivity index (χ4n) is 4.67. The van der Waals surface area contributed by atoms with Gasteiger partial charge in [0.25, 0.3) is 5.91 Å². The van der Waals surface area contributed by atoms with Crippen molar-refractivity contribution >= 4 is 44.0 Å².